The molecule has 140 valence electrons. The molecule has 5 nitrogen and oxygen atoms in total. The van der Waals surface area contributed by atoms with Crippen molar-refractivity contribution < 1.29 is 19.2 Å². The zero-order chi connectivity index (χ0) is 17.9. The van der Waals surface area contributed by atoms with E-state index in [4.69, 9.17) is 9.15 Å². The molecule has 0 radical (unpaired) electrons. The van der Waals surface area contributed by atoms with Crippen molar-refractivity contribution in [2.45, 2.75) is 51.0 Å². The first-order chi connectivity index (χ1) is 12.7. The summed E-state index contributed by atoms with van der Waals surface area (Å²) in [6, 6.07) is 5.66. The second-order valence-corrected chi connectivity index (χ2v) is 7.69. The molecular formula is C21H28NO4+. The Morgan fingerprint density at radius 2 is 1.85 bits per heavy atom. The predicted molar refractivity (Wildman–Crippen MR) is 100 cm³/mol. The van der Waals surface area contributed by atoms with E-state index < -0.39 is 6.10 Å². The second-order valence-electron chi connectivity index (χ2n) is 7.69. The molecule has 0 spiro atoms. The first-order valence-corrected chi connectivity index (χ1v) is 9.94. The largest absolute Gasteiger partial charge is 0.491 e. The molecule has 1 aromatic heterocycles. The van der Waals surface area contributed by atoms with Gasteiger partial charge in [0.05, 0.1) is 13.1 Å². The van der Waals surface area contributed by atoms with E-state index in [1.807, 2.05) is 12.1 Å². The molecule has 0 bridgehead atoms. The van der Waals surface area contributed by atoms with Gasteiger partial charge in [0.2, 0.25) is 0 Å². The van der Waals surface area contributed by atoms with Crippen LogP contribution >= 0.6 is 0 Å². The van der Waals surface area contributed by atoms with Crippen molar-refractivity contribution in [3.8, 4) is 5.75 Å². The lowest BCUT2D eigenvalue weighted by Gasteiger charge is -2.20. The van der Waals surface area contributed by atoms with E-state index in [9.17, 15) is 9.90 Å². The van der Waals surface area contributed by atoms with Crippen LogP contribution in [0.1, 0.15) is 43.2 Å². The predicted octanol–water partition coefficient (Wildman–Crippen LogP) is 1.48. The molecule has 2 aromatic rings. The van der Waals surface area contributed by atoms with Crippen LogP contribution in [-0.2, 0) is 12.8 Å². The van der Waals surface area contributed by atoms with Crippen LogP contribution in [-0.4, -0.2) is 37.5 Å². The van der Waals surface area contributed by atoms with E-state index in [0.29, 0.717) is 11.3 Å². The Hall–Kier alpha value is -1.85. The van der Waals surface area contributed by atoms with Crippen molar-refractivity contribution in [3.63, 3.8) is 0 Å². The third kappa shape index (κ3) is 3.79. The van der Waals surface area contributed by atoms with Gasteiger partial charge in [-0.15, -0.1) is 0 Å². The van der Waals surface area contributed by atoms with Gasteiger partial charge in [-0.25, -0.2) is 4.79 Å². The zero-order valence-corrected chi connectivity index (χ0v) is 15.3. The van der Waals surface area contributed by atoms with Crippen LogP contribution in [0.25, 0.3) is 11.0 Å². The molecule has 1 aromatic carbocycles. The number of nitrogens with one attached hydrogen (secondary N) is 1. The highest BCUT2D eigenvalue weighted by Gasteiger charge is 2.20. The molecular weight excluding hydrogens is 330 g/mol. The number of aliphatic hydroxyl groups is 1. The molecule has 1 saturated heterocycles. The Bertz CT molecular complexity index is 821. The lowest BCUT2D eigenvalue weighted by Crippen LogP contribution is -3.13. The van der Waals surface area contributed by atoms with Gasteiger partial charge in [-0.2, -0.15) is 0 Å². The van der Waals surface area contributed by atoms with E-state index in [1.54, 1.807) is 6.07 Å². The van der Waals surface area contributed by atoms with E-state index in [0.717, 1.165) is 55.4 Å². The maximum absolute atomic E-state index is 12.1. The minimum atomic E-state index is -0.481. The first kappa shape index (κ1) is 17.6. The zero-order valence-electron chi connectivity index (χ0n) is 15.3. The van der Waals surface area contributed by atoms with Crippen molar-refractivity contribution in [1.82, 2.24) is 0 Å². The van der Waals surface area contributed by atoms with Gasteiger partial charge in [-0.3, -0.25) is 0 Å². The number of likely N-dealkylation sites (tertiary alicyclic amines) is 1. The van der Waals surface area contributed by atoms with Gasteiger partial charge in [0.15, 0.2) is 0 Å². The maximum atomic E-state index is 12.1. The molecule has 2 aliphatic rings. The normalized spacial score (nSPS) is 19.3. The maximum Gasteiger partial charge on any atom is 0.339 e. The molecule has 2 N–H and O–H groups in total. The van der Waals surface area contributed by atoms with Gasteiger partial charge in [-0.05, 0) is 62.6 Å². The minimum absolute atomic E-state index is 0.216. The Labute approximate surface area is 153 Å². The summed E-state index contributed by atoms with van der Waals surface area (Å²) in [6.07, 6.45) is 7.40. The number of aliphatic hydroxyl groups excluding tert-OH is 1. The fourth-order valence-corrected chi connectivity index (χ4v) is 4.37. The highest BCUT2D eigenvalue weighted by molar-refractivity contribution is 5.83. The summed E-state index contributed by atoms with van der Waals surface area (Å²) >= 11 is 0. The van der Waals surface area contributed by atoms with Crippen LogP contribution in [0.15, 0.2) is 27.4 Å². The van der Waals surface area contributed by atoms with E-state index in [2.05, 4.69) is 0 Å². The van der Waals surface area contributed by atoms with Gasteiger partial charge >= 0.3 is 5.63 Å². The van der Waals surface area contributed by atoms with Crippen molar-refractivity contribution in [2.24, 2.45) is 0 Å². The van der Waals surface area contributed by atoms with E-state index in [-0.39, 0.29) is 12.2 Å². The number of rotatable bonds is 5. The molecule has 2 heterocycles. The van der Waals surface area contributed by atoms with E-state index >= 15 is 0 Å². The van der Waals surface area contributed by atoms with Crippen LogP contribution in [0, 0.1) is 0 Å². The van der Waals surface area contributed by atoms with Crippen LogP contribution in [0.3, 0.4) is 0 Å². The van der Waals surface area contributed by atoms with Crippen LogP contribution in [0.4, 0.5) is 0 Å². The van der Waals surface area contributed by atoms with Gasteiger partial charge in [0, 0.05) is 17.0 Å². The number of hydrogen-bond acceptors (Lipinski definition) is 4. The Kier molecular flexibility index (Phi) is 5.27. The van der Waals surface area contributed by atoms with Gasteiger partial charge in [0.25, 0.3) is 0 Å². The molecule has 0 amide bonds. The number of ether oxygens (including phenoxy) is 1. The number of aryl methyl sites for hydroxylation is 1. The SMILES string of the molecule is O=c1oc2cc(OC[C@@H](O)C[NH+]3CCCCCC3)ccc2c2c1CCC2. The fraction of sp³-hybridized carbons (Fsp3) is 0.571. The third-order valence-electron chi connectivity index (χ3n) is 5.72. The number of fused-ring (bicyclic) bond motifs is 3. The molecule has 0 saturated carbocycles. The minimum Gasteiger partial charge on any atom is -0.491 e. The van der Waals surface area contributed by atoms with Crippen LogP contribution in [0.2, 0.25) is 0 Å². The monoisotopic (exact) mass is 358 g/mol. The fourth-order valence-electron chi connectivity index (χ4n) is 4.37. The lowest BCUT2D eigenvalue weighted by atomic mass is 10.1. The topological polar surface area (TPSA) is 64.1 Å². The van der Waals surface area contributed by atoms with Crippen molar-refractivity contribution in [2.75, 3.05) is 26.2 Å². The summed E-state index contributed by atoms with van der Waals surface area (Å²) in [4.78, 5) is 13.6. The van der Waals surface area contributed by atoms with Crippen molar-refractivity contribution >= 4 is 11.0 Å². The number of hydrogen-bond donors (Lipinski definition) is 2. The van der Waals surface area contributed by atoms with Gasteiger partial charge in [-0.1, -0.05) is 0 Å². The van der Waals surface area contributed by atoms with Gasteiger partial charge < -0.3 is 19.2 Å². The molecule has 1 fully saturated rings. The lowest BCUT2D eigenvalue weighted by molar-refractivity contribution is -0.902. The standard InChI is InChI=1S/C21H27NO4/c23-15(13-22-10-3-1-2-4-11-22)14-25-16-8-9-18-17-6-5-7-19(17)21(24)26-20(18)12-16/h8-9,12,15,23H,1-7,10-11,13-14H2/p+1/t15-/m0/s1. The third-order valence-corrected chi connectivity index (χ3v) is 5.72. The van der Waals surface area contributed by atoms with Crippen molar-refractivity contribution in [3.05, 3.63) is 39.7 Å². The molecule has 1 aliphatic carbocycles. The number of quaternary nitrogens is 1. The van der Waals surface area contributed by atoms with Crippen LogP contribution in [0.5, 0.6) is 5.75 Å². The second kappa shape index (κ2) is 7.80. The molecule has 1 atom stereocenters. The molecule has 4 rings (SSSR count). The molecule has 0 unspecified atom stereocenters. The Morgan fingerprint density at radius 1 is 1.08 bits per heavy atom. The van der Waals surface area contributed by atoms with Crippen LogP contribution < -0.4 is 15.3 Å². The quantitative estimate of drug-likeness (QED) is 0.795. The first-order valence-electron chi connectivity index (χ1n) is 9.94. The molecule has 5 heteroatoms. The summed E-state index contributed by atoms with van der Waals surface area (Å²) in [5.41, 5.74) is 2.34. The highest BCUT2D eigenvalue weighted by Crippen LogP contribution is 2.29. The summed E-state index contributed by atoms with van der Waals surface area (Å²) in [6.45, 7) is 3.28. The summed E-state index contributed by atoms with van der Waals surface area (Å²) in [5, 5.41) is 11.3. The average molecular weight is 358 g/mol. The highest BCUT2D eigenvalue weighted by atomic mass is 16.5. The average Bonchev–Trinajstić information content (AvgIpc) is 3.00. The smallest absolute Gasteiger partial charge is 0.339 e. The van der Waals surface area contributed by atoms with Crippen molar-refractivity contribution in [1.29, 1.82) is 0 Å². The van der Waals surface area contributed by atoms with Gasteiger partial charge in [0.1, 0.15) is 30.6 Å². The Morgan fingerprint density at radius 3 is 2.65 bits per heavy atom. The van der Waals surface area contributed by atoms with E-state index in [1.165, 1.54) is 30.6 Å². The summed E-state index contributed by atoms with van der Waals surface area (Å²) in [5.74, 6) is 0.642. The molecule has 26 heavy (non-hydrogen) atoms. The number of benzene rings is 1. The summed E-state index contributed by atoms with van der Waals surface area (Å²) in [7, 11) is 0. The summed E-state index contributed by atoms with van der Waals surface area (Å²) < 4.78 is 11.3. The Balaban J connectivity index is 1.41. The molecule has 1 aliphatic heterocycles.